The van der Waals surface area contributed by atoms with Crippen molar-refractivity contribution in [3.05, 3.63) is 54.2 Å². The van der Waals surface area contributed by atoms with Gasteiger partial charge >= 0.3 is 0 Å². The Hall–Kier alpha value is -2.40. The summed E-state index contributed by atoms with van der Waals surface area (Å²) >= 11 is 0. The van der Waals surface area contributed by atoms with Gasteiger partial charge in [0.2, 0.25) is 0 Å². The van der Waals surface area contributed by atoms with Gasteiger partial charge in [0.25, 0.3) is 0 Å². The average molecular weight is 404 g/mol. The van der Waals surface area contributed by atoms with Crippen molar-refractivity contribution in [2.45, 2.75) is 64.6 Å². The third kappa shape index (κ3) is 3.49. The van der Waals surface area contributed by atoms with Crippen LogP contribution in [0.15, 0.2) is 42.7 Å². The van der Waals surface area contributed by atoms with Crippen molar-refractivity contribution in [3.63, 3.8) is 0 Å². The SMILES string of the molecule is CCCn1ccnc1CN1CCCC12CCN(c1cc(C)nc3ccccc13)CC2. The fourth-order valence-corrected chi connectivity index (χ4v) is 5.63. The van der Waals surface area contributed by atoms with E-state index in [0.29, 0.717) is 5.54 Å². The first-order valence-corrected chi connectivity index (χ1v) is 11.5. The van der Waals surface area contributed by atoms with Crippen LogP contribution in [-0.2, 0) is 13.1 Å². The van der Waals surface area contributed by atoms with E-state index >= 15 is 0 Å². The monoisotopic (exact) mass is 403 g/mol. The third-order valence-electron chi connectivity index (χ3n) is 7.20. The zero-order chi connectivity index (χ0) is 20.6. The second-order valence-electron chi connectivity index (χ2n) is 9.07. The lowest BCUT2D eigenvalue weighted by Crippen LogP contribution is -2.52. The number of rotatable bonds is 5. The number of nitrogens with zero attached hydrogens (tertiary/aromatic N) is 5. The Morgan fingerprint density at radius 3 is 2.73 bits per heavy atom. The summed E-state index contributed by atoms with van der Waals surface area (Å²) in [5, 5.41) is 1.28. The second-order valence-corrected chi connectivity index (χ2v) is 9.07. The molecule has 0 amide bonds. The highest BCUT2D eigenvalue weighted by molar-refractivity contribution is 5.92. The molecule has 1 aromatic carbocycles. The van der Waals surface area contributed by atoms with Crippen LogP contribution in [0.3, 0.4) is 0 Å². The van der Waals surface area contributed by atoms with Crippen molar-refractivity contribution in [1.82, 2.24) is 19.4 Å². The number of anilines is 1. The second kappa shape index (κ2) is 8.03. The molecule has 2 aromatic heterocycles. The summed E-state index contributed by atoms with van der Waals surface area (Å²) in [6.07, 6.45) is 10.4. The molecule has 0 N–H and O–H groups in total. The number of imidazole rings is 1. The molecule has 4 heterocycles. The Bertz CT molecular complexity index is 1020. The quantitative estimate of drug-likeness (QED) is 0.614. The minimum absolute atomic E-state index is 0.345. The van der Waals surface area contributed by atoms with Gasteiger partial charge in [0, 0.05) is 54.3 Å². The highest BCUT2D eigenvalue weighted by Gasteiger charge is 2.43. The molecule has 2 aliphatic rings. The molecule has 158 valence electrons. The molecule has 5 rings (SSSR count). The van der Waals surface area contributed by atoms with Crippen molar-refractivity contribution in [2.75, 3.05) is 24.5 Å². The zero-order valence-electron chi connectivity index (χ0n) is 18.3. The molecular formula is C25H33N5. The van der Waals surface area contributed by atoms with Crippen LogP contribution in [-0.4, -0.2) is 44.6 Å². The molecule has 5 heteroatoms. The Labute approximate surface area is 179 Å². The predicted octanol–water partition coefficient (Wildman–Crippen LogP) is 4.78. The van der Waals surface area contributed by atoms with Gasteiger partial charge in [0.1, 0.15) is 5.82 Å². The minimum Gasteiger partial charge on any atom is -0.371 e. The zero-order valence-corrected chi connectivity index (χ0v) is 18.3. The van der Waals surface area contributed by atoms with Crippen LogP contribution >= 0.6 is 0 Å². The first-order valence-electron chi connectivity index (χ1n) is 11.5. The number of hydrogen-bond acceptors (Lipinski definition) is 4. The van der Waals surface area contributed by atoms with E-state index in [4.69, 9.17) is 4.98 Å². The minimum atomic E-state index is 0.345. The Kier molecular flexibility index (Phi) is 5.23. The number of pyridine rings is 1. The largest absolute Gasteiger partial charge is 0.371 e. The average Bonchev–Trinajstić information content (AvgIpc) is 3.36. The molecule has 0 aliphatic carbocycles. The Morgan fingerprint density at radius 1 is 1.07 bits per heavy atom. The first kappa shape index (κ1) is 19.6. The molecule has 3 aromatic rings. The van der Waals surface area contributed by atoms with Crippen molar-refractivity contribution < 1.29 is 0 Å². The standard InChI is InChI=1S/C25H33N5/c1-3-13-29-17-12-26-24(29)19-30-14-6-9-25(30)10-15-28(16-11-25)23-18-20(2)27-22-8-5-4-7-21(22)23/h4-5,7-8,12,17-18H,3,6,9-11,13-16,19H2,1-2H3. The molecule has 0 saturated carbocycles. The molecule has 30 heavy (non-hydrogen) atoms. The van der Waals surface area contributed by atoms with E-state index in [1.807, 2.05) is 6.20 Å². The number of likely N-dealkylation sites (tertiary alicyclic amines) is 1. The van der Waals surface area contributed by atoms with E-state index < -0.39 is 0 Å². The van der Waals surface area contributed by atoms with Crippen LogP contribution in [0.5, 0.6) is 0 Å². The normalized spacial score (nSPS) is 19.2. The molecule has 2 saturated heterocycles. The number of hydrogen-bond donors (Lipinski definition) is 0. The lowest BCUT2D eigenvalue weighted by Gasteiger charge is -2.46. The molecule has 0 atom stereocenters. The summed E-state index contributed by atoms with van der Waals surface area (Å²) in [6, 6.07) is 10.8. The lowest BCUT2D eigenvalue weighted by molar-refractivity contribution is 0.0958. The van der Waals surface area contributed by atoms with Crippen LogP contribution in [0.25, 0.3) is 10.9 Å². The topological polar surface area (TPSA) is 37.2 Å². The first-order chi connectivity index (χ1) is 14.7. The molecule has 0 unspecified atom stereocenters. The maximum absolute atomic E-state index is 4.74. The van der Waals surface area contributed by atoms with Crippen molar-refractivity contribution in [1.29, 1.82) is 0 Å². The van der Waals surface area contributed by atoms with Gasteiger partial charge in [-0.05, 0) is 57.7 Å². The van der Waals surface area contributed by atoms with Gasteiger partial charge < -0.3 is 9.47 Å². The van der Waals surface area contributed by atoms with E-state index in [9.17, 15) is 0 Å². The van der Waals surface area contributed by atoms with Gasteiger partial charge in [0.05, 0.1) is 12.1 Å². The predicted molar refractivity (Wildman–Crippen MR) is 123 cm³/mol. The number of aryl methyl sites for hydroxylation is 2. The van der Waals surface area contributed by atoms with Crippen molar-refractivity contribution >= 4 is 16.6 Å². The molecule has 2 aliphatic heterocycles. The highest BCUT2D eigenvalue weighted by Crippen LogP contribution is 2.41. The maximum Gasteiger partial charge on any atom is 0.122 e. The summed E-state index contributed by atoms with van der Waals surface area (Å²) < 4.78 is 2.34. The highest BCUT2D eigenvalue weighted by atomic mass is 15.3. The summed E-state index contributed by atoms with van der Waals surface area (Å²) in [5.41, 5.74) is 3.92. The number of piperidine rings is 1. The molecule has 5 nitrogen and oxygen atoms in total. The number of benzene rings is 1. The smallest absolute Gasteiger partial charge is 0.122 e. The van der Waals surface area contributed by atoms with Crippen LogP contribution in [0.2, 0.25) is 0 Å². The number of fused-ring (bicyclic) bond motifs is 1. The van der Waals surface area contributed by atoms with Gasteiger partial charge in [-0.15, -0.1) is 0 Å². The fraction of sp³-hybridized carbons (Fsp3) is 0.520. The van der Waals surface area contributed by atoms with Gasteiger partial charge in [-0.2, -0.15) is 0 Å². The molecular weight excluding hydrogens is 370 g/mol. The van der Waals surface area contributed by atoms with Crippen molar-refractivity contribution in [3.8, 4) is 0 Å². The summed E-state index contributed by atoms with van der Waals surface area (Å²) in [7, 11) is 0. The van der Waals surface area contributed by atoms with Crippen molar-refractivity contribution in [2.24, 2.45) is 0 Å². The molecule has 1 spiro atoms. The van der Waals surface area contributed by atoms with Crippen LogP contribution < -0.4 is 4.90 Å². The van der Waals surface area contributed by atoms with E-state index in [0.717, 1.165) is 43.8 Å². The van der Waals surface area contributed by atoms with Crippen LogP contribution in [0, 0.1) is 6.92 Å². The summed E-state index contributed by atoms with van der Waals surface area (Å²) in [6.45, 7) is 9.85. The van der Waals surface area contributed by atoms with Gasteiger partial charge in [-0.25, -0.2) is 4.98 Å². The van der Waals surface area contributed by atoms with Crippen LogP contribution in [0.1, 0.15) is 50.5 Å². The van der Waals surface area contributed by atoms with E-state index in [1.165, 1.54) is 49.1 Å². The third-order valence-corrected chi connectivity index (χ3v) is 7.20. The lowest BCUT2D eigenvalue weighted by atomic mass is 9.84. The summed E-state index contributed by atoms with van der Waals surface area (Å²) in [4.78, 5) is 14.8. The van der Waals surface area contributed by atoms with Crippen LogP contribution in [0.4, 0.5) is 5.69 Å². The van der Waals surface area contributed by atoms with E-state index in [1.54, 1.807) is 0 Å². The molecule has 0 bridgehead atoms. The summed E-state index contributed by atoms with van der Waals surface area (Å²) in [5.74, 6) is 1.23. The Morgan fingerprint density at radius 2 is 1.90 bits per heavy atom. The Balaban J connectivity index is 1.34. The molecule has 0 radical (unpaired) electrons. The number of para-hydroxylation sites is 1. The van der Waals surface area contributed by atoms with Gasteiger partial charge in [0.15, 0.2) is 0 Å². The van der Waals surface area contributed by atoms with E-state index in [-0.39, 0.29) is 0 Å². The molecule has 2 fully saturated rings. The van der Waals surface area contributed by atoms with Gasteiger partial charge in [-0.3, -0.25) is 9.88 Å². The fourth-order valence-electron chi connectivity index (χ4n) is 5.63. The van der Waals surface area contributed by atoms with Gasteiger partial charge in [-0.1, -0.05) is 25.1 Å². The maximum atomic E-state index is 4.74. The number of aromatic nitrogens is 3. The van der Waals surface area contributed by atoms with E-state index in [2.05, 4.69) is 69.7 Å².